The predicted octanol–water partition coefficient (Wildman–Crippen LogP) is 12.0. The van der Waals surface area contributed by atoms with Crippen LogP contribution in [0, 0.1) is 5.41 Å². The second kappa shape index (κ2) is 43.9. The standard InChI is InChI=1S/C66H92N6O21/c1-11-57(73)88-51-27-33-54(34-28-51)91-70(63(79)85-48(5)6)42-24-18-15-21-39-67-60(76)82-45-66(14-4,46-83-61(77)68-40-22-16-19-25-43-71(64(80)86-49(7)8)92-55-35-29-52(30-36-55)89-58(74)12-2)47-84-62(78)69-41-23-17-20-26-44-72(65(81)87-50(9)10)93-56-37-31-53(32-38-56)90-59(75)13-3/h11-13,27-38,48-50H,1-3,14-26,39-47H2,4-10H3,(H,67,76)(H,68,77)(H,69,78). The lowest BCUT2D eigenvalue weighted by molar-refractivity contribution is -0.129. The molecule has 3 aromatic carbocycles. The van der Waals surface area contributed by atoms with Gasteiger partial charge < -0.3 is 73.1 Å². The summed E-state index contributed by atoms with van der Waals surface area (Å²) < 4.78 is 48.3. The van der Waals surface area contributed by atoms with Crippen molar-refractivity contribution in [3.05, 3.63) is 111 Å². The number of esters is 3. The highest BCUT2D eigenvalue weighted by atomic mass is 16.7. The molecule has 27 heteroatoms. The van der Waals surface area contributed by atoms with Gasteiger partial charge in [0.15, 0.2) is 17.2 Å². The van der Waals surface area contributed by atoms with E-state index >= 15 is 0 Å². The highest BCUT2D eigenvalue weighted by Crippen LogP contribution is 2.26. The zero-order valence-corrected chi connectivity index (χ0v) is 54.5. The average Bonchev–Trinajstić information content (AvgIpc) is 2.73. The van der Waals surface area contributed by atoms with E-state index in [2.05, 4.69) is 35.7 Å². The van der Waals surface area contributed by atoms with E-state index < -0.39 is 78.2 Å². The van der Waals surface area contributed by atoms with E-state index in [0.29, 0.717) is 94.3 Å². The van der Waals surface area contributed by atoms with Gasteiger partial charge in [0.2, 0.25) is 0 Å². The first-order chi connectivity index (χ1) is 44.5. The second-order valence-electron chi connectivity index (χ2n) is 21.8. The van der Waals surface area contributed by atoms with Gasteiger partial charge in [0, 0.05) is 37.9 Å². The van der Waals surface area contributed by atoms with Gasteiger partial charge in [0.05, 0.1) is 43.4 Å². The number of unbranched alkanes of at least 4 members (excludes halogenated alkanes) is 9. The fourth-order valence-corrected chi connectivity index (χ4v) is 7.88. The van der Waals surface area contributed by atoms with Crippen molar-refractivity contribution in [2.45, 2.75) is 150 Å². The largest absolute Gasteiger partial charge is 0.449 e. The summed E-state index contributed by atoms with van der Waals surface area (Å²) in [6, 6.07) is 18.3. The highest BCUT2D eigenvalue weighted by Gasteiger charge is 2.35. The molecule has 3 rings (SSSR count). The second-order valence-corrected chi connectivity index (χ2v) is 21.8. The number of nitrogens with one attached hydrogen (secondary N) is 3. The molecule has 0 spiro atoms. The third-order valence-electron chi connectivity index (χ3n) is 12.8. The molecule has 0 fully saturated rings. The van der Waals surface area contributed by atoms with Crippen molar-refractivity contribution in [1.29, 1.82) is 0 Å². The number of amides is 6. The Morgan fingerprint density at radius 3 is 0.849 bits per heavy atom. The topological polar surface area (TPSA) is 310 Å². The van der Waals surface area contributed by atoms with Crippen LogP contribution in [0.5, 0.6) is 34.5 Å². The minimum Gasteiger partial charge on any atom is -0.449 e. The fraction of sp³-hybridized carbons (Fsp3) is 0.500. The molecule has 0 bridgehead atoms. The van der Waals surface area contributed by atoms with Crippen LogP contribution in [0.25, 0.3) is 0 Å². The summed E-state index contributed by atoms with van der Waals surface area (Å²) in [6.45, 7) is 22.7. The number of carbonyl (C=O) groups is 9. The Balaban J connectivity index is 1.53. The maximum absolute atomic E-state index is 13.1. The van der Waals surface area contributed by atoms with Crippen molar-refractivity contribution in [1.82, 2.24) is 31.1 Å². The number of hydrogen-bond donors (Lipinski definition) is 3. The molecule has 0 saturated heterocycles. The molecule has 0 heterocycles. The van der Waals surface area contributed by atoms with Gasteiger partial charge in [-0.25, -0.2) is 43.2 Å². The Hall–Kier alpha value is -9.69. The van der Waals surface area contributed by atoms with Crippen molar-refractivity contribution in [2.75, 3.05) is 59.1 Å². The van der Waals surface area contributed by atoms with Gasteiger partial charge in [0.1, 0.15) is 37.1 Å². The van der Waals surface area contributed by atoms with Gasteiger partial charge in [-0.05, 0) is 159 Å². The van der Waals surface area contributed by atoms with E-state index in [9.17, 15) is 43.2 Å². The van der Waals surface area contributed by atoms with E-state index in [1.54, 1.807) is 48.5 Å². The zero-order chi connectivity index (χ0) is 68.4. The minimum absolute atomic E-state index is 0.190. The number of alkyl carbamates (subject to hydrolysis) is 3. The third kappa shape index (κ3) is 33.8. The number of benzene rings is 3. The van der Waals surface area contributed by atoms with Gasteiger partial charge in [0.25, 0.3) is 0 Å². The number of nitrogens with zero attached hydrogens (tertiary/aromatic N) is 3. The molecule has 0 aliphatic rings. The molecular formula is C66H92N6O21. The summed E-state index contributed by atoms with van der Waals surface area (Å²) in [6.07, 6.45) is 5.12. The molecule has 6 amide bonds. The normalized spacial score (nSPS) is 10.8. The summed E-state index contributed by atoms with van der Waals surface area (Å²) in [5, 5.41) is 11.5. The van der Waals surface area contributed by atoms with Crippen molar-refractivity contribution < 1.29 is 100 Å². The summed E-state index contributed by atoms with van der Waals surface area (Å²) in [4.78, 5) is 130. The van der Waals surface area contributed by atoms with E-state index in [4.69, 9.17) is 57.1 Å². The van der Waals surface area contributed by atoms with Gasteiger partial charge in [-0.3, -0.25) is 0 Å². The Morgan fingerprint density at radius 1 is 0.387 bits per heavy atom. The predicted molar refractivity (Wildman–Crippen MR) is 340 cm³/mol. The minimum atomic E-state index is -1.16. The van der Waals surface area contributed by atoms with Crippen molar-refractivity contribution in [2.24, 2.45) is 5.41 Å². The van der Waals surface area contributed by atoms with Crippen LogP contribution < -0.4 is 44.7 Å². The third-order valence-corrected chi connectivity index (χ3v) is 12.8. The fourth-order valence-electron chi connectivity index (χ4n) is 7.88. The quantitative estimate of drug-likeness (QED) is 0.0118. The SMILES string of the molecule is C=CC(=O)Oc1ccc(ON(CCCCCCNC(=O)OCC(CC)(COC(=O)NCCCCCCN(Oc2ccc(OC(=O)C=C)cc2)C(=O)OC(C)C)COC(=O)NCCCCCCN(Oc2ccc(OC(=O)C=C)cc2)C(=O)OC(C)C)C(=O)OC(C)C)cc1. The summed E-state index contributed by atoms with van der Waals surface area (Å²) in [5.41, 5.74) is -1.16. The summed E-state index contributed by atoms with van der Waals surface area (Å²) in [5.74, 6) is -0.129. The lowest BCUT2D eigenvalue weighted by Gasteiger charge is -2.31. The van der Waals surface area contributed by atoms with Gasteiger partial charge in [-0.2, -0.15) is 0 Å². The van der Waals surface area contributed by atoms with Crippen molar-refractivity contribution in [3.63, 3.8) is 0 Å². The van der Waals surface area contributed by atoms with E-state index in [-0.39, 0.29) is 82.8 Å². The first-order valence-corrected chi connectivity index (χ1v) is 31.1. The monoisotopic (exact) mass is 1300 g/mol. The lowest BCUT2D eigenvalue weighted by Crippen LogP contribution is -2.42. The molecule has 0 unspecified atom stereocenters. The Morgan fingerprint density at radius 2 is 0.624 bits per heavy atom. The lowest BCUT2D eigenvalue weighted by atomic mass is 9.88. The van der Waals surface area contributed by atoms with E-state index in [0.717, 1.165) is 33.4 Å². The molecule has 512 valence electrons. The molecule has 0 aliphatic carbocycles. The molecule has 0 aromatic heterocycles. The van der Waals surface area contributed by atoms with Gasteiger partial charge in [-0.1, -0.05) is 65.2 Å². The van der Waals surface area contributed by atoms with E-state index in [1.165, 1.54) is 72.8 Å². The van der Waals surface area contributed by atoms with Crippen LogP contribution in [0.1, 0.15) is 132 Å². The maximum Gasteiger partial charge on any atom is 0.443 e. The van der Waals surface area contributed by atoms with Crippen molar-refractivity contribution >= 4 is 54.5 Å². The van der Waals surface area contributed by atoms with Crippen LogP contribution in [-0.4, -0.2) is 147 Å². The van der Waals surface area contributed by atoms with E-state index in [1.807, 2.05) is 0 Å². The Labute approximate surface area is 544 Å². The van der Waals surface area contributed by atoms with Crippen LogP contribution in [0.2, 0.25) is 0 Å². The summed E-state index contributed by atoms with van der Waals surface area (Å²) in [7, 11) is 0. The van der Waals surface area contributed by atoms with Gasteiger partial charge in [-0.15, -0.1) is 15.2 Å². The molecule has 3 aromatic rings. The molecule has 0 saturated carbocycles. The molecule has 3 N–H and O–H groups in total. The molecule has 0 radical (unpaired) electrons. The van der Waals surface area contributed by atoms with Crippen LogP contribution in [-0.2, 0) is 42.8 Å². The molecule has 0 aliphatic heterocycles. The Bertz CT molecular complexity index is 2520. The number of rotatable bonds is 43. The van der Waals surface area contributed by atoms with Crippen LogP contribution in [0.4, 0.5) is 28.8 Å². The number of ether oxygens (including phenoxy) is 9. The Kier molecular flexibility index (Phi) is 36.6. The molecule has 93 heavy (non-hydrogen) atoms. The van der Waals surface area contributed by atoms with Crippen molar-refractivity contribution in [3.8, 4) is 34.5 Å². The van der Waals surface area contributed by atoms with Crippen LogP contribution in [0.3, 0.4) is 0 Å². The number of carbonyl (C=O) groups excluding carboxylic acids is 9. The zero-order valence-electron chi connectivity index (χ0n) is 54.5. The number of hydrogen-bond acceptors (Lipinski definition) is 21. The first-order valence-electron chi connectivity index (χ1n) is 31.1. The average molecular weight is 1310 g/mol. The molecule has 0 atom stereocenters. The molecule has 27 nitrogen and oxygen atoms in total. The summed E-state index contributed by atoms with van der Waals surface area (Å²) >= 11 is 0. The van der Waals surface area contributed by atoms with Crippen LogP contribution in [0.15, 0.2) is 111 Å². The maximum atomic E-state index is 13.1. The number of hydroxylamine groups is 6. The highest BCUT2D eigenvalue weighted by molar-refractivity contribution is 5.84. The van der Waals surface area contributed by atoms with Gasteiger partial charge >= 0.3 is 54.5 Å². The molecular weight excluding hydrogens is 1210 g/mol. The first kappa shape index (κ1) is 77.6. The smallest absolute Gasteiger partial charge is 0.443 e. The van der Waals surface area contributed by atoms with Crippen LogP contribution >= 0.6 is 0 Å².